The molecule has 0 saturated carbocycles. The maximum Gasteiger partial charge on any atom is 0.326 e. The molecule has 1 amide bonds. The zero-order chi connectivity index (χ0) is 17.5. The molecule has 5 nitrogen and oxygen atoms in total. The molecule has 0 aliphatic rings. The average molecular weight is 326 g/mol. The number of nitrogens with one attached hydrogen (secondary N) is 1. The van der Waals surface area contributed by atoms with E-state index in [4.69, 9.17) is 0 Å². The van der Waals surface area contributed by atoms with Crippen molar-refractivity contribution in [2.24, 2.45) is 0 Å². The summed E-state index contributed by atoms with van der Waals surface area (Å²) < 4.78 is 0. The van der Waals surface area contributed by atoms with Crippen molar-refractivity contribution in [2.45, 2.75) is 39.2 Å². The highest BCUT2D eigenvalue weighted by molar-refractivity contribution is 5.99. The second kappa shape index (κ2) is 8.24. The molecule has 0 unspecified atom stereocenters. The molecule has 1 aromatic heterocycles. The largest absolute Gasteiger partial charge is 0.480 e. The van der Waals surface area contributed by atoms with Gasteiger partial charge in [0.25, 0.3) is 5.91 Å². The normalized spacial score (nSPS) is 11.8. The van der Waals surface area contributed by atoms with Crippen molar-refractivity contribution in [1.29, 1.82) is 0 Å². The number of benzene rings is 1. The number of rotatable bonds is 7. The van der Waals surface area contributed by atoms with Gasteiger partial charge in [-0.05, 0) is 37.1 Å². The number of carbonyl (C=O) groups is 2. The van der Waals surface area contributed by atoms with E-state index in [0.29, 0.717) is 12.0 Å². The number of carboxylic acids is 1. The lowest BCUT2D eigenvalue weighted by Gasteiger charge is -2.16. The van der Waals surface area contributed by atoms with Crippen LogP contribution in [0.4, 0.5) is 0 Å². The molecule has 5 heteroatoms. The Morgan fingerprint density at radius 1 is 1.21 bits per heavy atom. The molecule has 0 saturated heterocycles. The summed E-state index contributed by atoms with van der Waals surface area (Å²) in [6, 6.07) is 10.1. The van der Waals surface area contributed by atoms with Gasteiger partial charge >= 0.3 is 5.97 Å². The number of hydrogen-bond donors (Lipinski definition) is 2. The first kappa shape index (κ1) is 17.7. The molecule has 1 atom stereocenters. The molecule has 2 N–H and O–H groups in total. The third-order valence-corrected chi connectivity index (χ3v) is 3.97. The Labute approximate surface area is 141 Å². The van der Waals surface area contributed by atoms with Gasteiger partial charge in [0.1, 0.15) is 6.04 Å². The van der Waals surface area contributed by atoms with Crippen LogP contribution < -0.4 is 5.32 Å². The second-order valence-corrected chi connectivity index (χ2v) is 5.70. The quantitative estimate of drug-likeness (QED) is 0.817. The molecule has 0 aliphatic heterocycles. The fourth-order valence-corrected chi connectivity index (χ4v) is 2.58. The van der Waals surface area contributed by atoms with Gasteiger partial charge in [-0.3, -0.25) is 9.78 Å². The summed E-state index contributed by atoms with van der Waals surface area (Å²) in [5, 5.41) is 11.9. The summed E-state index contributed by atoms with van der Waals surface area (Å²) in [5.74, 6) is -1.37. The van der Waals surface area contributed by atoms with Crippen LogP contribution >= 0.6 is 0 Å². The molecule has 0 aliphatic carbocycles. The third-order valence-electron chi connectivity index (χ3n) is 3.97. The molecule has 0 radical (unpaired) electrons. The Morgan fingerprint density at radius 2 is 2.00 bits per heavy atom. The van der Waals surface area contributed by atoms with Gasteiger partial charge < -0.3 is 10.4 Å². The van der Waals surface area contributed by atoms with Gasteiger partial charge in [-0.2, -0.15) is 0 Å². The summed E-state index contributed by atoms with van der Waals surface area (Å²) in [6.07, 6.45) is 3.77. The van der Waals surface area contributed by atoms with Crippen LogP contribution in [-0.2, 0) is 4.79 Å². The van der Waals surface area contributed by atoms with Crippen LogP contribution in [0.15, 0.2) is 42.6 Å². The number of carboxylic acid groups (broad SMARTS) is 1. The van der Waals surface area contributed by atoms with Gasteiger partial charge in [0, 0.05) is 17.3 Å². The highest BCUT2D eigenvalue weighted by Gasteiger charge is 2.21. The fourth-order valence-electron chi connectivity index (χ4n) is 2.58. The van der Waals surface area contributed by atoms with E-state index in [-0.39, 0.29) is 5.91 Å². The minimum absolute atomic E-state index is 0.367. The number of nitrogens with zero attached hydrogens (tertiary/aromatic N) is 1. The Balaban J connectivity index is 2.25. The number of aromatic nitrogens is 1. The first-order valence-electron chi connectivity index (χ1n) is 8.09. The predicted octanol–water partition coefficient (Wildman–Crippen LogP) is 3.43. The number of aliphatic carboxylic acids is 1. The van der Waals surface area contributed by atoms with E-state index < -0.39 is 12.0 Å². The summed E-state index contributed by atoms with van der Waals surface area (Å²) in [4.78, 5) is 28.2. The van der Waals surface area contributed by atoms with Gasteiger partial charge in [-0.25, -0.2) is 4.79 Å². The molecule has 126 valence electrons. The maximum absolute atomic E-state index is 12.5. The number of unbranched alkanes of at least 4 members (excludes halogenated alkanes) is 1. The number of hydrogen-bond acceptors (Lipinski definition) is 3. The lowest BCUT2D eigenvalue weighted by molar-refractivity contribution is -0.139. The number of pyridine rings is 1. The van der Waals surface area contributed by atoms with Crippen LogP contribution in [0.25, 0.3) is 11.3 Å². The smallest absolute Gasteiger partial charge is 0.326 e. The van der Waals surface area contributed by atoms with Crippen LogP contribution in [0.3, 0.4) is 0 Å². The molecule has 1 aromatic carbocycles. The first-order valence-corrected chi connectivity index (χ1v) is 8.09. The molecule has 24 heavy (non-hydrogen) atoms. The van der Waals surface area contributed by atoms with Gasteiger partial charge in [0.15, 0.2) is 0 Å². The van der Waals surface area contributed by atoms with Crippen molar-refractivity contribution >= 4 is 11.9 Å². The summed E-state index contributed by atoms with van der Waals surface area (Å²) in [6.45, 7) is 3.84. The van der Waals surface area contributed by atoms with E-state index in [1.807, 2.05) is 38.1 Å². The van der Waals surface area contributed by atoms with Crippen LogP contribution in [0.2, 0.25) is 0 Å². The van der Waals surface area contributed by atoms with Crippen molar-refractivity contribution in [1.82, 2.24) is 10.3 Å². The topological polar surface area (TPSA) is 79.3 Å². The average Bonchev–Trinajstić information content (AvgIpc) is 2.59. The lowest BCUT2D eigenvalue weighted by atomic mass is 9.98. The van der Waals surface area contributed by atoms with Gasteiger partial charge in [0.2, 0.25) is 0 Å². The Bertz CT molecular complexity index is 714. The van der Waals surface area contributed by atoms with E-state index in [9.17, 15) is 14.7 Å². The third kappa shape index (κ3) is 4.19. The maximum atomic E-state index is 12.5. The molecular formula is C19H22N2O3. The van der Waals surface area contributed by atoms with Crippen molar-refractivity contribution in [3.63, 3.8) is 0 Å². The lowest BCUT2D eigenvalue weighted by Crippen LogP contribution is -2.41. The fraction of sp³-hybridized carbons (Fsp3) is 0.316. The van der Waals surface area contributed by atoms with Gasteiger partial charge in [0.05, 0.1) is 5.69 Å². The zero-order valence-electron chi connectivity index (χ0n) is 14.0. The molecule has 0 fully saturated rings. The first-order chi connectivity index (χ1) is 11.5. The number of carbonyl (C=O) groups excluding carboxylic acids is 1. The van der Waals surface area contributed by atoms with Crippen molar-refractivity contribution < 1.29 is 14.7 Å². The summed E-state index contributed by atoms with van der Waals surface area (Å²) in [7, 11) is 0. The van der Waals surface area contributed by atoms with Gasteiger partial charge in [-0.1, -0.05) is 38.0 Å². The second-order valence-electron chi connectivity index (χ2n) is 5.70. The van der Waals surface area contributed by atoms with Crippen molar-refractivity contribution in [3.05, 3.63) is 53.7 Å². The monoisotopic (exact) mass is 326 g/mol. The minimum Gasteiger partial charge on any atom is -0.480 e. The van der Waals surface area contributed by atoms with Crippen LogP contribution in [0.1, 0.15) is 42.1 Å². The van der Waals surface area contributed by atoms with Crippen LogP contribution in [-0.4, -0.2) is 28.0 Å². The predicted molar refractivity (Wildman–Crippen MR) is 92.8 cm³/mol. The summed E-state index contributed by atoms with van der Waals surface area (Å²) in [5.41, 5.74) is 2.91. The van der Waals surface area contributed by atoms with E-state index in [1.165, 1.54) is 0 Å². The van der Waals surface area contributed by atoms with Gasteiger partial charge in [-0.15, -0.1) is 0 Å². The minimum atomic E-state index is -1.00. The Kier molecular flexibility index (Phi) is 6.07. The van der Waals surface area contributed by atoms with Crippen LogP contribution in [0.5, 0.6) is 0 Å². The molecule has 2 aromatic rings. The zero-order valence-corrected chi connectivity index (χ0v) is 14.0. The highest BCUT2D eigenvalue weighted by Crippen LogP contribution is 2.24. The van der Waals surface area contributed by atoms with E-state index in [2.05, 4.69) is 10.3 Å². The molecule has 1 heterocycles. The van der Waals surface area contributed by atoms with Crippen molar-refractivity contribution in [2.75, 3.05) is 0 Å². The molecule has 0 bridgehead atoms. The van der Waals surface area contributed by atoms with Crippen LogP contribution in [0, 0.1) is 6.92 Å². The molecule has 2 rings (SSSR count). The molecular weight excluding hydrogens is 304 g/mol. The SMILES string of the molecule is CCCC[C@H](NC(=O)c1cccc(-c2ccccn2)c1C)C(=O)O. The Hall–Kier alpha value is -2.69. The van der Waals surface area contributed by atoms with E-state index >= 15 is 0 Å². The van der Waals surface area contributed by atoms with Crippen molar-refractivity contribution in [3.8, 4) is 11.3 Å². The summed E-state index contributed by atoms with van der Waals surface area (Å²) >= 11 is 0. The number of amides is 1. The Morgan fingerprint density at radius 3 is 2.62 bits per heavy atom. The van der Waals surface area contributed by atoms with E-state index in [0.717, 1.165) is 29.7 Å². The molecule has 0 spiro atoms. The van der Waals surface area contributed by atoms with E-state index in [1.54, 1.807) is 18.3 Å². The standard InChI is InChI=1S/C19H22N2O3/c1-3-4-10-17(19(23)24)21-18(22)15-9-7-8-14(13(15)2)16-11-5-6-12-20-16/h5-9,11-12,17H,3-4,10H2,1-2H3,(H,21,22)(H,23,24)/t17-/m0/s1. The highest BCUT2D eigenvalue weighted by atomic mass is 16.4.